The Kier molecular flexibility index (Phi) is 18.2. The van der Waals surface area contributed by atoms with Crippen molar-refractivity contribution >= 4 is 53.2 Å². The Morgan fingerprint density at radius 2 is 1.61 bits per heavy atom. The predicted molar refractivity (Wildman–Crippen MR) is 215 cm³/mol. The van der Waals surface area contributed by atoms with Crippen molar-refractivity contribution in [2.45, 2.75) is 71.7 Å². The summed E-state index contributed by atoms with van der Waals surface area (Å²) in [4.78, 5) is 89.6. The average molecular weight is 824 g/mol. The average Bonchev–Trinajstić information content (AvgIpc) is 3.58. The van der Waals surface area contributed by atoms with E-state index in [1.54, 1.807) is 38.1 Å². The molecule has 1 saturated heterocycles. The number of rotatable bonds is 20. The maximum absolute atomic E-state index is 14.0. The van der Waals surface area contributed by atoms with E-state index in [-0.39, 0.29) is 68.1 Å². The summed E-state index contributed by atoms with van der Waals surface area (Å²) < 4.78 is 31.6. The van der Waals surface area contributed by atoms with Crippen LogP contribution in [-0.4, -0.2) is 105 Å². The number of amides is 5. The lowest BCUT2D eigenvalue weighted by atomic mass is 10.0. The molecule has 3 rings (SSSR count). The largest absolute Gasteiger partial charge is 0.493 e. The van der Waals surface area contributed by atoms with Gasteiger partial charge in [-0.15, -0.1) is 0 Å². The van der Waals surface area contributed by atoms with Gasteiger partial charge in [0.15, 0.2) is 11.5 Å². The van der Waals surface area contributed by atoms with E-state index in [0.717, 1.165) is 5.57 Å². The van der Waals surface area contributed by atoms with Crippen LogP contribution in [0, 0.1) is 5.92 Å². The number of carbonyl (C=O) groups is 7. The molecule has 1 heterocycles. The third-order valence-electron chi connectivity index (χ3n) is 8.78. The number of likely N-dealkylation sites (tertiary alicyclic amines) is 1. The lowest BCUT2D eigenvalue weighted by Gasteiger charge is -2.25. The summed E-state index contributed by atoms with van der Waals surface area (Å²) in [6.45, 7) is 13.7. The van der Waals surface area contributed by atoms with E-state index < -0.39 is 60.0 Å². The first-order valence-corrected chi connectivity index (χ1v) is 18.8. The highest BCUT2D eigenvalue weighted by Gasteiger charge is 2.34. The molecule has 320 valence electrons. The number of anilines is 2. The van der Waals surface area contributed by atoms with E-state index in [0.29, 0.717) is 24.1 Å². The summed E-state index contributed by atoms with van der Waals surface area (Å²) in [6, 6.07) is 6.81. The second kappa shape index (κ2) is 23.0. The van der Waals surface area contributed by atoms with Gasteiger partial charge in [-0.25, -0.2) is 9.59 Å². The quantitative estimate of drug-likeness (QED) is 0.0626. The maximum Gasteiger partial charge on any atom is 0.411 e. The van der Waals surface area contributed by atoms with E-state index >= 15 is 0 Å². The number of nitrogens with zero attached hydrogens (tertiary/aromatic N) is 1. The number of alkyl carbamates (subject to hydrolysis) is 1. The van der Waals surface area contributed by atoms with Crippen LogP contribution in [0.3, 0.4) is 0 Å². The van der Waals surface area contributed by atoms with Gasteiger partial charge in [-0.05, 0) is 49.4 Å². The van der Waals surface area contributed by atoms with Gasteiger partial charge in [0.05, 0.1) is 38.1 Å². The van der Waals surface area contributed by atoms with Crippen molar-refractivity contribution in [1.82, 2.24) is 15.5 Å². The molecule has 5 amide bonds. The fourth-order valence-electron chi connectivity index (χ4n) is 5.68. The summed E-state index contributed by atoms with van der Waals surface area (Å²) in [5, 5.41) is 10.4. The molecule has 18 heteroatoms. The fraction of sp³-hybridized carbons (Fsp3) is 0.439. The number of esters is 2. The molecule has 2 unspecified atom stereocenters. The normalized spacial score (nSPS) is 14.3. The SMILES string of the molecule is C=CCOC(=O)NC(C(=O)NC(C)C(=O)Nc1ccc(COC(=O)Nc2cc(OCCCC(=O)OC)c(OC)cc2C(=O)N2CC(=C)C[C@H]2COC(C)=O)cc1)C(C)C. The molecular formula is C41H53N5O13. The summed E-state index contributed by atoms with van der Waals surface area (Å²) in [6.07, 6.45) is 0.526. The van der Waals surface area contributed by atoms with Crippen LogP contribution in [0.25, 0.3) is 0 Å². The van der Waals surface area contributed by atoms with Crippen molar-refractivity contribution in [1.29, 1.82) is 0 Å². The zero-order valence-electron chi connectivity index (χ0n) is 34.2. The Labute approximate surface area is 342 Å². The summed E-state index contributed by atoms with van der Waals surface area (Å²) in [5.41, 5.74) is 1.78. The zero-order chi connectivity index (χ0) is 43.6. The van der Waals surface area contributed by atoms with Crippen LogP contribution >= 0.6 is 0 Å². The van der Waals surface area contributed by atoms with E-state index in [4.69, 9.17) is 23.7 Å². The summed E-state index contributed by atoms with van der Waals surface area (Å²) >= 11 is 0. The molecule has 59 heavy (non-hydrogen) atoms. The van der Waals surface area contributed by atoms with Gasteiger partial charge in [0.25, 0.3) is 5.91 Å². The van der Waals surface area contributed by atoms with Crippen LogP contribution in [0.4, 0.5) is 21.0 Å². The van der Waals surface area contributed by atoms with Gasteiger partial charge in [-0.3, -0.25) is 29.3 Å². The molecule has 2 aromatic rings. The molecule has 0 saturated carbocycles. The second-order valence-corrected chi connectivity index (χ2v) is 13.8. The van der Waals surface area contributed by atoms with Crippen molar-refractivity contribution in [2.24, 2.45) is 5.92 Å². The maximum atomic E-state index is 14.0. The highest BCUT2D eigenvalue weighted by molar-refractivity contribution is 6.04. The Balaban J connectivity index is 1.70. The highest BCUT2D eigenvalue weighted by atomic mass is 16.6. The molecule has 3 atom stereocenters. The second-order valence-electron chi connectivity index (χ2n) is 13.8. The van der Waals surface area contributed by atoms with Gasteiger partial charge in [-0.1, -0.05) is 50.8 Å². The first kappa shape index (κ1) is 46.8. The lowest BCUT2D eigenvalue weighted by Crippen LogP contribution is -2.53. The van der Waals surface area contributed by atoms with Crippen molar-refractivity contribution in [3.05, 3.63) is 72.3 Å². The molecule has 0 bridgehead atoms. The molecule has 0 spiro atoms. The Hall–Kier alpha value is -6.59. The van der Waals surface area contributed by atoms with Gasteiger partial charge in [-0.2, -0.15) is 0 Å². The van der Waals surface area contributed by atoms with Crippen molar-refractivity contribution in [3.8, 4) is 11.5 Å². The topological polar surface area (TPSA) is 226 Å². The van der Waals surface area contributed by atoms with E-state index in [9.17, 15) is 33.6 Å². The molecule has 1 fully saturated rings. The van der Waals surface area contributed by atoms with E-state index in [2.05, 4.69) is 39.2 Å². The number of hydrogen-bond acceptors (Lipinski definition) is 13. The van der Waals surface area contributed by atoms with Crippen LogP contribution in [-0.2, 0) is 44.7 Å². The van der Waals surface area contributed by atoms with Crippen LogP contribution in [0.2, 0.25) is 0 Å². The molecular weight excluding hydrogens is 770 g/mol. The number of ether oxygens (including phenoxy) is 6. The van der Waals surface area contributed by atoms with Gasteiger partial charge >= 0.3 is 24.1 Å². The summed E-state index contributed by atoms with van der Waals surface area (Å²) in [7, 11) is 2.67. The molecule has 2 aromatic carbocycles. The minimum Gasteiger partial charge on any atom is -0.493 e. The monoisotopic (exact) mass is 823 g/mol. The minimum atomic E-state index is -0.967. The van der Waals surface area contributed by atoms with E-state index in [1.165, 1.54) is 51.2 Å². The molecule has 0 radical (unpaired) electrons. The van der Waals surface area contributed by atoms with Gasteiger partial charge in [0.1, 0.15) is 31.9 Å². The number of carbonyl (C=O) groups excluding carboxylic acids is 7. The molecule has 0 aliphatic carbocycles. The van der Waals surface area contributed by atoms with Gasteiger partial charge in [0.2, 0.25) is 11.8 Å². The smallest absolute Gasteiger partial charge is 0.411 e. The molecule has 18 nitrogen and oxygen atoms in total. The Morgan fingerprint density at radius 3 is 2.24 bits per heavy atom. The van der Waals surface area contributed by atoms with Crippen molar-refractivity contribution in [2.75, 3.05) is 51.2 Å². The summed E-state index contributed by atoms with van der Waals surface area (Å²) in [5.74, 6) is -2.44. The van der Waals surface area contributed by atoms with E-state index in [1.807, 2.05) is 0 Å². The van der Waals surface area contributed by atoms with Crippen molar-refractivity contribution < 1.29 is 62.0 Å². The molecule has 1 aliphatic heterocycles. The number of benzene rings is 2. The molecule has 1 aliphatic rings. The lowest BCUT2D eigenvalue weighted by molar-refractivity contribution is -0.142. The molecule has 4 N–H and O–H groups in total. The van der Waals surface area contributed by atoms with Crippen LogP contribution < -0.4 is 30.7 Å². The Morgan fingerprint density at radius 1 is 0.898 bits per heavy atom. The molecule has 0 aromatic heterocycles. The fourth-order valence-corrected chi connectivity index (χ4v) is 5.68. The van der Waals surface area contributed by atoms with Crippen LogP contribution in [0.1, 0.15) is 62.9 Å². The van der Waals surface area contributed by atoms with Gasteiger partial charge in [0, 0.05) is 31.6 Å². The zero-order valence-corrected chi connectivity index (χ0v) is 34.2. The number of nitrogens with one attached hydrogen (secondary N) is 4. The number of methoxy groups -OCH3 is 2. The van der Waals surface area contributed by atoms with Gasteiger partial charge < -0.3 is 49.3 Å². The highest BCUT2D eigenvalue weighted by Crippen LogP contribution is 2.36. The van der Waals surface area contributed by atoms with Crippen LogP contribution in [0.15, 0.2) is 61.2 Å². The minimum absolute atomic E-state index is 0.0278. The predicted octanol–water partition coefficient (Wildman–Crippen LogP) is 4.49. The third kappa shape index (κ3) is 14.7. The third-order valence-corrected chi connectivity index (χ3v) is 8.78. The van der Waals surface area contributed by atoms with Crippen molar-refractivity contribution in [3.63, 3.8) is 0 Å². The Bertz CT molecular complexity index is 1860. The number of hydrogen-bond donors (Lipinski definition) is 4. The first-order valence-electron chi connectivity index (χ1n) is 18.8. The first-order chi connectivity index (χ1) is 28.1. The van der Waals surface area contributed by atoms with Crippen LogP contribution in [0.5, 0.6) is 11.5 Å². The standard InChI is InChI=1S/C41H53N5O13/c1-9-16-57-41(53)45-36(24(2)3)38(50)42-26(5)37(49)43-29-14-12-28(13-15-29)22-59-40(52)44-32-20-34(56-17-10-11-35(48)55-8)33(54-7)19-31(32)39(51)46-21-25(4)18-30(46)23-58-27(6)47/h9,12-15,19-20,24,26,30,36H,1,4,10-11,16-18,21-23H2,2-3,5-8H3,(H,42,50)(H,43,49)(H,44,52)(H,45,53)/t26?,30-,36?/m0/s1.